The summed E-state index contributed by atoms with van der Waals surface area (Å²) in [5.74, 6) is 0. The Morgan fingerprint density at radius 3 is 2.15 bits per heavy atom. The first-order valence-corrected chi connectivity index (χ1v) is 11.8. The van der Waals surface area contributed by atoms with Crippen LogP contribution >= 0.6 is 11.8 Å². The van der Waals surface area contributed by atoms with Gasteiger partial charge in [0.05, 0.1) is 13.7 Å². The predicted octanol–water partition coefficient (Wildman–Crippen LogP) is 5.48. The Morgan fingerprint density at radius 1 is 1.15 bits per heavy atom. The molecule has 0 atom stereocenters. The van der Waals surface area contributed by atoms with E-state index < -0.39 is 13.7 Å². The summed E-state index contributed by atoms with van der Waals surface area (Å²) >= 11 is 1.87. The van der Waals surface area contributed by atoms with E-state index in [1.807, 2.05) is 11.8 Å². The highest BCUT2D eigenvalue weighted by Crippen LogP contribution is 2.35. The van der Waals surface area contributed by atoms with Crippen LogP contribution in [0.1, 0.15) is 33.1 Å². The molecule has 1 N–H and O–H groups in total. The zero-order valence-electron chi connectivity index (χ0n) is 13.4. The molecule has 0 bridgehead atoms. The van der Waals surface area contributed by atoms with Crippen molar-refractivity contribution in [2.45, 2.75) is 63.2 Å². The molecule has 1 nitrogen and oxygen atoms in total. The third-order valence-corrected chi connectivity index (χ3v) is 8.41. The van der Waals surface area contributed by atoms with E-state index in [-0.39, 0.29) is 0 Å². The lowest BCUT2D eigenvalue weighted by molar-refractivity contribution is 0.0353. The lowest BCUT2D eigenvalue weighted by Crippen LogP contribution is -2.27. The maximum absolute atomic E-state index is 10.5. The summed E-state index contributed by atoms with van der Waals surface area (Å²) in [7, 11) is -1.38. The molecule has 0 aromatic heterocycles. The molecule has 0 radical (unpaired) electrons. The van der Waals surface area contributed by atoms with Crippen molar-refractivity contribution in [3.8, 4) is 0 Å². The third-order valence-electron chi connectivity index (χ3n) is 3.69. The molecule has 3 heteroatoms. The maximum Gasteiger partial charge on any atom is 0.0857 e. The van der Waals surface area contributed by atoms with Gasteiger partial charge in [0.15, 0.2) is 0 Å². The lowest BCUT2D eigenvalue weighted by atomic mass is 9.94. The van der Waals surface area contributed by atoms with Gasteiger partial charge >= 0.3 is 0 Å². The van der Waals surface area contributed by atoms with Crippen molar-refractivity contribution < 1.29 is 5.11 Å². The van der Waals surface area contributed by atoms with Gasteiger partial charge in [0.2, 0.25) is 0 Å². The van der Waals surface area contributed by atoms with Gasteiger partial charge in [0, 0.05) is 4.90 Å². The van der Waals surface area contributed by atoms with Gasteiger partial charge in [-0.1, -0.05) is 69.5 Å². The molecule has 0 amide bonds. The molecule has 1 aromatic carbocycles. The molecular weight excluding hydrogens is 280 g/mol. The van der Waals surface area contributed by atoms with Crippen LogP contribution in [0.3, 0.4) is 0 Å². The van der Waals surface area contributed by atoms with Crippen molar-refractivity contribution >= 4 is 19.8 Å². The summed E-state index contributed by atoms with van der Waals surface area (Å²) in [6, 6.07) is 10.5. The van der Waals surface area contributed by atoms with Crippen LogP contribution in [-0.2, 0) is 0 Å². The fourth-order valence-corrected chi connectivity index (χ4v) is 4.94. The van der Waals surface area contributed by atoms with Crippen LogP contribution in [0.15, 0.2) is 45.8 Å². The maximum atomic E-state index is 10.5. The van der Waals surface area contributed by atoms with Crippen LogP contribution < -0.4 is 0 Å². The third kappa shape index (κ3) is 5.47. The molecule has 0 aliphatic heterocycles. The predicted molar refractivity (Wildman–Crippen MR) is 93.9 cm³/mol. The van der Waals surface area contributed by atoms with Gasteiger partial charge in [-0.15, -0.1) is 0 Å². The van der Waals surface area contributed by atoms with Crippen LogP contribution in [0.5, 0.6) is 0 Å². The minimum Gasteiger partial charge on any atom is -0.390 e. The van der Waals surface area contributed by atoms with Gasteiger partial charge in [-0.2, -0.15) is 0 Å². The van der Waals surface area contributed by atoms with Gasteiger partial charge in [0.25, 0.3) is 0 Å². The van der Waals surface area contributed by atoms with E-state index in [9.17, 15) is 5.11 Å². The first-order chi connectivity index (χ1) is 9.30. The number of aliphatic hydroxyl groups is 1. The van der Waals surface area contributed by atoms with Crippen molar-refractivity contribution in [3.05, 3.63) is 40.9 Å². The largest absolute Gasteiger partial charge is 0.390 e. The summed E-state index contributed by atoms with van der Waals surface area (Å²) in [5, 5.41) is 10.5. The summed E-state index contributed by atoms with van der Waals surface area (Å²) in [6.45, 7) is 11.2. The van der Waals surface area contributed by atoms with Gasteiger partial charge in [0.1, 0.15) is 0 Å². The molecule has 112 valence electrons. The van der Waals surface area contributed by atoms with Crippen molar-refractivity contribution in [1.82, 2.24) is 0 Å². The Labute approximate surface area is 129 Å². The van der Waals surface area contributed by atoms with Crippen molar-refractivity contribution in [1.29, 1.82) is 0 Å². The lowest BCUT2D eigenvalue weighted by Gasteiger charge is -2.26. The zero-order chi connectivity index (χ0) is 15.2. The number of rotatable bonds is 7. The summed E-state index contributed by atoms with van der Waals surface area (Å²) < 4.78 is 1.46. The normalized spacial score (nSPS) is 13.6. The molecule has 0 aliphatic carbocycles. The molecule has 1 rings (SSSR count). The first-order valence-electron chi connectivity index (χ1n) is 7.46. The first kappa shape index (κ1) is 17.5. The molecule has 0 spiro atoms. The molecule has 0 saturated heterocycles. The average Bonchev–Trinajstić information content (AvgIpc) is 2.43. The molecule has 0 saturated carbocycles. The molecule has 20 heavy (non-hydrogen) atoms. The van der Waals surface area contributed by atoms with Crippen LogP contribution in [0.4, 0.5) is 0 Å². The highest BCUT2D eigenvalue weighted by molar-refractivity contribution is 8.05. The van der Waals surface area contributed by atoms with E-state index in [4.69, 9.17) is 0 Å². The van der Waals surface area contributed by atoms with Gasteiger partial charge in [-0.3, -0.25) is 0 Å². The minimum atomic E-state index is -1.38. The van der Waals surface area contributed by atoms with Gasteiger partial charge < -0.3 is 5.11 Å². The summed E-state index contributed by atoms with van der Waals surface area (Å²) in [4.78, 5) is 1.29. The number of thioether (sulfide) groups is 1. The Bertz CT molecular complexity index is 430. The molecule has 0 unspecified atom stereocenters. The monoisotopic (exact) mass is 308 g/mol. The number of hydrogen-bond donors (Lipinski definition) is 1. The zero-order valence-corrected chi connectivity index (χ0v) is 15.3. The van der Waals surface area contributed by atoms with E-state index in [0.29, 0.717) is 0 Å². The van der Waals surface area contributed by atoms with Crippen molar-refractivity contribution in [2.75, 3.05) is 0 Å². The Hall–Kier alpha value is -0.513. The van der Waals surface area contributed by atoms with Gasteiger partial charge in [-0.05, 0) is 35.9 Å². The summed E-state index contributed by atoms with van der Waals surface area (Å²) in [5.41, 5.74) is -0.540. The SMILES string of the molecule is CCC(O)(CC)CC=C(Sc1ccccc1)[Si](C)(C)C. The van der Waals surface area contributed by atoms with Crippen molar-refractivity contribution in [2.24, 2.45) is 0 Å². The Balaban J connectivity index is 2.91. The van der Waals surface area contributed by atoms with Crippen LogP contribution in [-0.4, -0.2) is 18.8 Å². The summed E-state index contributed by atoms with van der Waals surface area (Å²) in [6.07, 6.45) is 4.68. The topological polar surface area (TPSA) is 20.2 Å². The van der Waals surface area contributed by atoms with Crippen LogP contribution in [0.25, 0.3) is 0 Å². The fraction of sp³-hybridized carbons (Fsp3) is 0.529. The second-order valence-corrected chi connectivity index (χ2v) is 12.9. The quantitative estimate of drug-likeness (QED) is 0.531. The van der Waals surface area contributed by atoms with E-state index in [0.717, 1.165) is 19.3 Å². The van der Waals surface area contributed by atoms with Gasteiger partial charge in [-0.25, -0.2) is 0 Å². The standard InChI is InChI=1S/C17H28OSSi/c1-6-17(18,7-2)14-13-16(20(3,4)5)19-15-11-9-8-10-12-15/h8-13,18H,6-7,14H2,1-5H3. The number of hydrogen-bond acceptors (Lipinski definition) is 2. The molecular formula is C17H28OSSi. The van der Waals surface area contributed by atoms with E-state index in [2.05, 4.69) is 69.9 Å². The minimum absolute atomic E-state index is 0.540. The average molecular weight is 309 g/mol. The Kier molecular flexibility index (Phi) is 6.56. The second kappa shape index (κ2) is 7.48. The highest BCUT2D eigenvalue weighted by atomic mass is 32.2. The molecule has 0 aliphatic rings. The van der Waals surface area contributed by atoms with E-state index in [1.165, 1.54) is 9.42 Å². The van der Waals surface area contributed by atoms with E-state index in [1.54, 1.807) is 0 Å². The fourth-order valence-electron chi connectivity index (χ4n) is 1.94. The van der Waals surface area contributed by atoms with Crippen molar-refractivity contribution in [3.63, 3.8) is 0 Å². The van der Waals surface area contributed by atoms with E-state index >= 15 is 0 Å². The Morgan fingerprint density at radius 2 is 1.70 bits per heavy atom. The molecule has 1 aromatic rings. The van der Waals surface area contributed by atoms with Crippen LogP contribution in [0.2, 0.25) is 19.6 Å². The molecule has 0 fully saturated rings. The smallest absolute Gasteiger partial charge is 0.0857 e. The molecule has 0 heterocycles. The highest BCUT2D eigenvalue weighted by Gasteiger charge is 2.24. The number of benzene rings is 1. The second-order valence-electron chi connectivity index (χ2n) is 6.37. The van der Waals surface area contributed by atoms with Crippen LogP contribution in [0, 0.1) is 0 Å².